The van der Waals surface area contributed by atoms with Crippen LogP contribution in [-0.4, -0.2) is 10.4 Å². The van der Waals surface area contributed by atoms with E-state index < -0.39 is 0 Å². The molecule has 3 heteroatoms. The van der Waals surface area contributed by atoms with Crippen LogP contribution in [-0.2, 0) is 0 Å². The lowest BCUT2D eigenvalue weighted by Gasteiger charge is -2.49. The molecule has 1 unspecified atom stereocenters. The molecule has 0 bridgehead atoms. The number of allylic oxidation sites excluding steroid dienone is 5. The first-order valence-corrected chi connectivity index (χ1v) is 12.5. The quantitative estimate of drug-likeness (QED) is 0.471. The van der Waals surface area contributed by atoms with E-state index in [9.17, 15) is 4.39 Å². The molecule has 1 fully saturated rings. The van der Waals surface area contributed by atoms with Gasteiger partial charge in [0.25, 0.3) is 0 Å². The topological polar surface area (TPSA) is 15.3 Å². The van der Waals surface area contributed by atoms with E-state index in [1.165, 1.54) is 11.3 Å². The van der Waals surface area contributed by atoms with Crippen molar-refractivity contribution in [2.75, 3.05) is 0 Å². The van der Waals surface area contributed by atoms with Gasteiger partial charge in [-0.3, -0.25) is 0 Å². The Kier molecular flexibility index (Phi) is 8.05. The highest BCUT2D eigenvalue weighted by atomic mass is 19.1. The van der Waals surface area contributed by atoms with E-state index >= 15 is 0 Å². The third-order valence-electron chi connectivity index (χ3n) is 7.07. The van der Waals surface area contributed by atoms with Crippen molar-refractivity contribution in [3.05, 3.63) is 88.8 Å². The van der Waals surface area contributed by atoms with Crippen molar-refractivity contribution in [3.8, 4) is 0 Å². The molecule has 1 aliphatic heterocycles. The van der Waals surface area contributed by atoms with Crippen LogP contribution in [0.4, 0.5) is 4.39 Å². The van der Waals surface area contributed by atoms with Crippen LogP contribution in [0.5, 0.6) is 0 Å². The fourth-order valence-electron chi connectivity index (χ4n) is 4.74. The van der Waals surface area contributed by atoms with E-state index in [0.717, 1.165) is 49.1 Å². The second-order valence-corrected chi connectivity index (χ2v) is 10.1. The lowest BCUT2D eigenvalue weighted by atomic mass is 9.74. The van der Waals surface area contributed by atoms with Crippen molar-refractivity contribution in [1.29, 1.82) is 0 Å². The summed E-state index contributed by atoms with van der Waals surface area (Å²) in [4.78, 5) is 2.34. The monoisotopic (exact) mass is 448 g/mol. The maximum atomic E-state index is 14.4. The molecular formula is C30H41FN2. The van der Waals surface area contributed by atoms with E-state index in [4.69, 9.17) is 0 Å². The van der Waals surface area contributed by atoms with Crippen LogP contribution in [0, 0.1) is 24.6 Å². The van der Waals surface area contributed by atoms with Crippen molar-refractivity contribution in [3.63, 3.8) is 0 Å². The highest BCUT2D eigenvalue weighted by molar-refractivity contribution is 5.55. The van der Waals surface area contributed by atoms with Gasteiger partial charge in [0.15, 0.2) is 0 Å². The molecule has 1 heterocycles. The Hall–Kier alpha value is -2.55. The summed E-state index contributed by atoms with van der Waals surface area (Å²) in [6.45, 7) is 17.5. The van der Waals surface area contributed by atoms with Gasteiger partial charge in [-0.05, 0) is 69.6 Å². The minimum Gasteiger partial charge on any atom is -0.373 e. The van der Waals surface area contributed by atoms with Gasteiger partial charge in [0, 0.05) is 23.2 Å². The van der Waals surface area contributed by atoms with Gasteiger partial charge in [-0.2, -0.15) is 0 Å². The predicted octanol–water partition coefficient (Wildman–Crippen LogP) is 8.25. The number of hydrogen-bond donors (Lipinski definition) is 1. The highest BCUT2D eigenvalue weighted by Crippen LogP contribution is 2.44. The van der Waals surface area contributed by atoms with Crippen LogP contribution < -0.4 is 5.32 Å². The van der Waals surface area contributed by atoms with Crippen molar-refractivity contribution < 1.29 is 4.39 Å². The molecule has 2 nitrogen and oxygen atoms in total. The predicted molar refractivity (Wildman–Crippen MR) is 140 cm³/mol. The van der Waals surface area contributed by atoms with E-state index in [1.807, 2.05) is 19.1 Å². The minimum absolute atomic E-state index is 0.140. The molecule has 33 heavy (non-hydrogen) atoms. The van der Waals surface area contributed by atoms with Crippen LogP contribution >= 0.6 is 0 Å². The first kappa shape index (κ1) is 25.1. The SMILES string of the molecule is C=C(C(C)C)N1C=C(/C=C\C)NC2(CCC(=Cc3cc(C)ccc3F)CC2)/C1=C/C(C)CC. The van der Waals surface area contributed by atoms with E-state index in [2.05, 4.69) is 81.9 Å². The molecule has 1 N–H and O–H groups in total. The molecule has 2 aliphatic rings. The second kappa shape index (κ2) is 10.6. The number of halogens is 1. The minimum atomic E-state index is -0.145. The van der Waals surface area contributed by atoms with E-state index in [-0.39, 0.29) is 11.4 Å². The van der Waals surface area contributed by atoms with Crippen molar-refractivity contribution in [1.82, 2.24) is 10.2 Å². The van der Waals surface area contributed by atoms with Crippen molar-refractivity contribution >= 4 is 6.08 Å². The van der Waals surface area contributed by atoms with Gasteiger partial charge in [0.1, 0.15) is 5.82 Å². The number of benzene rings is 1. The Morgan fingerprint density at radius 3 is 2.55 bits per heavy atom. The fraction of sp³-hybridized carbons (Fsp3) is 0.467. The van der Waals surface area contributed by atoms with Gasteiger partial charge in [-0.15, -0.1) is 0 Å². The number of rotatable bonds is 6. The van der Waals surface area contributed by atoms with Crippen LogP contribution in [0.1, 0.15) is 77.8 Å². The summed E-state index contributed by atoms with van der Waals surface area (Å²) in [7, 11) is 0. The lowest BCUT2D eigenvalue weighted by molar-refractivity contribution is 0.254. The van der Waals surface area contributed by atoms with Crippen LogP contribution in [0.3, 0.4) is 0 Å². The van der Waals surface area contributed by atoms with Gasteiger partial charge in [-0.25, -0.2) is 4.39 Å². The van der Waals surface area contributed by atoms with Gasteiger partial charge < -0.3 is 10.2 Å². The Bertz CT molecular complexity index is 983. The molecule has 0 amide bonds. The van der Waals surface area contributed by atoms with Gasteiger partial charge in [0.2, 0.25) is 0 Å². The number of aryl methyl sites for hydroxylation is 1. The zero-order valence-electron chi connectivity index (χ0n) is 21.3. The largest absolute Gasteiger partial charge is 0.373 e. The van der Waals surface area contributed by atoms with Crippen molar-refractivity contribution in [2.24, 2.45) is 11.8 Å². The molecule has 0 saturated heterocycles. The van der Waals surface area contributed by atoms with Gasteiger partial charge in [-0.1, -0.05) is 76.1 Å². The summed E-state index contributed by atoms with van der Waals surface area (Å²) in [5, 5.41) is 3.90. The van der Waals surface area contributed by atoms with Gasteiger partial charge in [0.05, 0.1) is 11.2 Å². The smallest absolute Gasteiger partial charge is 0.130 e. The summed E-state index contributed by atoms with van der Waals surface area (Å²) in [6, 6.07) is 5.35. The molecule has 178 valence electrons. The number of nitrogens with zero attached hydrogens (tertiary/aromatic N) is 1. The molecular weight excluding hydrogens is 407 g/mol. The van der Waals surface area contributed by atoms with E-state index in [1.54, 1.807) is 6.07 Å². The molecule has 0 aromatic heterocycles. The number of nitrogens with one attached hydrogen (secondary N) is 1. The summed E-state index contributed by atoms with van der Waals surface area (Å²) in [6.07, 6.45) is 15.9. The first-order valence-electron chi connectivity index (χ1n) is 12.5. The molecule has 1 spiro atoms. The second-order valence-electron chi connectivity index (χ2n) is 10.1. The highest BCUT2D eigenvalue weighted by Gasteiger charge is 2.42. The third kappa shape index (κ3) is 5.69. The van der Waals surface area contributed by atoms with Crippen LogP contribution in [0.2, 0.25) is 0 Å². The molecule has 3 rings (SSSR count). The molecule has 0 radical (unpaired) electrons. The summed E-state index contributed by atoms with van der Waals surface area (Å²) >= 11 is 0. The van der Waals surface area contributed by atoms with Crippen molar-refractivity contribution in [2.45, 2.75) is 79.2 Å². The summed E-state index contributed by atoms with van der Waals surface area (Å²) in [5.74, 6) is 0.697. The van der Waals surface area contributed by atoms with E-state index in [0.29, 0.717) is 17.4 Å². The summed E-state index contributed by atoms with van der Waals surface area (Å²) in [5.41, 5.74) is 6.54. The third-order valence-corrected chi connectivity index (χ3v) is 7.07. The lowest BCUT2D eigenvalue weighted by Crippen LogP contribution is -2.54. The average Bonchev–Trinajstić information content (AvgIpc) is 2.79. The average molecular weight is 449 g/mol. The first-order chi connectivity index (χ1) is 15.7. The Labute approximate surface area is 200 Å². The Morgan fingerprint density at radius 2 is 1.94 bits per heavy atom. The molecule has 1 aliphatic carbocycles. The summed E-state index contributed by atoms with van der Waals surface area (Å²) < 4.78 is 14.4. The van der Waals surface area contributed by atoms with Crippen LogP contribution in [0.25, 0.3) is 6.08 Å². The Balaban J connectivity index is 1.99. The molecule has 1 atom stereocenters. The zero-order valence-corrected chi connectivity index (χ0v) is 21.3. The maximum absolute atomic E-state index is 14.4. The Morgan fingerprint density at radius 1 is 1.24 bits per heavy atom. The molecule has 1 aromatic rings. The fourth-order valence-corrected chi connectivity index (χ4v) is 4.74. The standard InChI is InChI=1S/C30H41FN2/c1-8-10-27-20-33(24(7)21(3)4)29(18-22(5)9-2)30(32-27)15-13-25(14-16-30)19-26-17-23(6)11-12-28(26)31/h8,10-12,17-22,32H,7,9,13-16H2,1-6H3/b10-8-,25-19?,29-18-. The molecule has 1 saturated carbocycles. The van der Waals surface area contributed by atoms with Gasteiger partial charge >= 0.3 is 0 Å². The maximum Gasteiger partial charge on any atom is 0.130 e. The number of hydrogen-bond acceptors (Lipinski definition) is 2. The normalized spacial score (nSPS) is 23.3. The zero-order chi connectivity index (χ0) is 24.2. The molecule has 1 aromatic carbocycles. The van der Waals surface area contributed by atoms with Crippen LogP contribution in [0.15, 0.2) is 71.9 Å².